The molecule has 0 saturated carbocycles. The van der Waals surface area contributed by atoms with Crippen LogP contribution in [0, 0.1) is 24.7 Å². The number of carbonyl (C=O) groups excluding carboxylic acids is 1. The molecule has 0 spiro atoms. The van der Waals surface area contributed by atoms with Crippen LogP contribution in [0.25, 0.3) is 16.0 Å². The standard InChI is InChI=1S/C22H22N6O2S2/c1-5-10-27-20-19(32-22(27)31)21(30)26(12-23-20)11-17(29)24-18-14(3)25-28(15(18)4)16-8-6-13(2)7-9-16/h5-9,12H,1,10-11H2,2-4H3,(H,24,29). The Balaban J connectivity index is 1.59. The van der Waals surface area contributed by atoms with Gasteiger partial charge < -0.3 is 9.88 Å². The van der Waals surface area contributed by atoms with Crippen LogP contribution in [-0.4, -0.2) is 29.8 Å². The quantitative estimate of drug-likeness (QED) is 0.344. The molecule has 1 amide bonds. The Bertz CT molecular complexity index is 1460. The second kappa shape index (κ2) is 8.64. The number of benzene rings is 1. The van der Waals surface area contributed by atoms with Crippen molar-refractivity contribution in [3.63, 3.8) is 0 Å². The minimum Gasteiger partial charge on any atom is -0.321 e. The lowest BCUT2D eigenvalue weighted by Crippen LogP contribution is -2.28. The molecule has 4 rings (SSSR count). The van der Waals surface area contributed by atoms with Crippen molar-refractivity contribution in [3.05, 3.63) is 74.5 Å². The van der Waals surface area contributed by atoms with Crippen molar-refractivity contribution in [2.24, 2.45) is 0 Å². The Hall–Kier alpha value is -3.37. The largest absolute Gasteiger partial charge is 0.321 e. The number of anilines is 1. The number of thiazole rings is 1. The second-order valence-electron chi connectivity index (χ2n) is 7.44. The number of amides is 1. The van der Waals surface area contributed by atoms with E-state index in [9.17, 15) is 9.59 Å². The summed E-state index contributed by atoms with van der Waals surface area (Å²) in [5.74, 6) is -0.336. The van der Waals surface area contributed by atoms with E-state index < -0.39 is 0 Å². The fraction of sp³-hybridized carbons (Fsp3) is 0.227. The fourth-order valence-electron chi connectivity index (χ4n) is 3.47. The number of aryl methyl sites for hydroxylation is 2. The summed E-state index contributed by atoms with van der Waals surface area (Å²) in [6, 6.07) is 7.98. The van der Waals surface area contributed by atoms with Gasteiger partial charge in [-0.3, -0.25) is 14.2 Å². The second-order valence-corrected chi connectivity index (χ2v) is 9.08. The molecule has 0 aliphatic rings. The zero-order valence-electron chi connectivity index (χ0n) is 18.0. The van der Waals surface area contributed by atoms with Crippen molar-refractivity contribution in [1.82, 2.24) is 23.9 Å². The van der Waals surface area contributed by atoms with Gasteiger partial charge in [-0.2, -0.15) is 5.10 Å². The van der Waals surface area contributed by atoms with Crippen LogP contribution in [0.5, 0.6) is 0 Å². The Morgan fingerprint density at radius 1 is 1.25 bits per heavy atom. The Morgan fingerprint density at radius 3 is 2.66 bits per heavy atom. The van der Waals surface area contributed by atoms with Crippen molar-refractivity contribution < 1.29 is 4.79 Å². The molecule has 0 radical (unpaired) electrons. The lowest BCUT2D eigenvalue weighted by molar-refractivity contribution is -0.116. The number of hydrogen-bond acceptors (Lipinski definition) is 6. The first kappa shape index (κ1) is 21.8. The Kier molecular flexibility index (Phi) is 5.90. The van der Waals surface area contributed by atoms with Gasteiger partial charge in [-0.1, -0.05) is 35.1 Å². The molecule has 0 bridgehead atoms. The molecule has 0 atom stereocenters. The number of hydrogen-bond donors (Lipinski definition) is 1. The third-order valence-corrected chi connectivity index (χ3v) is 6.53. The zero-order valence-corrected chi connectivity index (χ0v) is 19.6. The minimum atomic E-state index is -0.336. The van der Waals surface area contributed by atoms with Crippen LogP contribution < -0.4 is 10.9 Å². The lowest BCUT2D eigenvalue weighted by Gasteiger charge is -2.09. The average molecular weight is 467 g/mol. The fourth-order valence-corrected chi connectivity index (χ4v) is 4.78. The smallest absolute Gasteiger partial charge is 0.273 e. The first-order chi connectivity index (χ1) is 15.3. The summed E-state index contributed by atoms with van der Waals surface area (Å²) < 4.78 is 5.80. The van der Waals surface area contributed by atoms with Crippen molar-refractivity contribution in [2.45, 2.75) is 33.9 Å². The van der Waals surface area contributed by atoms with E-state index in [0.29, 0.717) is 32.2 Å². The molecule has 1 aromatic carbocycles. The molecule has 164 valence electrons. The topological polar surface area (TPSA) is 86.7 Å². The monoisotopic (exact) mass is 466 g/mol. The summed E-state index contributed by atoms with van der Waals surface area (Å²) >= 11 is 6.52. The van der Waals surface area contributed by atoms with E-state index in [-0.39, 0.29) is 18.0 Å². The number of nitrogens with zero attached hydrogens (tertiary/aromatic N) is 5. The van der Waals surface area contributed by atoms with Crippen LogP contribution in [0.15, 0.2) is 48.0 Å². The van der Waals surface area contributed by atoms with Crippen molar-refractivity contribution >= 4 is 45.5 Å². The number of allylic oxidation sites excluding steroid dienone is 1. The maximum absolute atomic E-state index is 12.9. The van der Waals surface area contributed by atoms with Crippen molar-refractivity contribution in [3.8, 4) is 5.69 Å². The number of carbonyl (C=O) groups is 1. The van der Waals surface area contributed by atoms with Gasteiger partial charge in [0.15, 0.2) is 9.60 Å². The molecule has 3 heterocycles. The third kappa shape index (κ3) is 3.94. The van der Waals surface area contributed by atoms with E-state index >= 15 is 0 Å². The van der Waals surface area contributed by atoms with Gasteiger partial charge in [-0.25, -0.2) is 9.67 Å². The minimum absolute atomic E-state index is 0.164. The number of rotatable bonds is 6. The zero-order chi connectivity index (χ0) is 23.0. The summed E-state index contributed by atoms with van der Waals surface area (Å²) in [5.41, 5.74) is 4.40. The van der Waals surface area contributed by atoms with Crippen LogP contribution in [0.4, 0.5) is 5.69 Å². The van der Waals surface area contributed by atoms with E-state index in [4.69, 9.17) is 12.2 Å². The van der Waals surface area contributed by atoms with Crippen molar-refractivity contribution in [2.75, 3.05) is 5.32 Å². The molecule has 4 aromatic rings. The highest BCUT2D eigenvalue weighted by Crippen LogP contribution is 2.23. The van der Waals surface area contributed by atoms with Crippen molar-refractivity contribution in [1.29, 1.82) is 0 Å². The summed E-state index contributed by atoms with van der Waals surface area (Å²) in [6.45, 7) is 9.77. The molecule has 10 heteroatoms. The van der Waals surface area contributed by atoms with E-state index in [1.807, 2.05) is 45.0 Å². The highest BCUT2D eigenvalue weighted by molar-refractivity contribution is 7.73. The molecule has 0 aliphatic heterocycles. The molecular weight excluding hydrogens is 444 g/mol. The summed E-state index contributed by atoms with van der Waals surface area (Å²) in [5, 5.41) is 7.45. The summed E-state index contributed by atoms with van der Waals surface area (Å²) in [4.78, 5) is 30.0. The first-order valence-corrected chi connectivity index (χ1v) is 11.2. The Morgan fingerprint density at radius 2 is 1.97 bits per heavy atom. The predicted molar refractivity (Wildman–Crippen MR) is 129 cm³/mol. The van der Waals surface area contributed by atoms with Gasteiger partial charge in [0.2, 0.25) is 5.91 Å². The molecule has 8 nitrogen and oxygen atoms in total. The van der Waals surface area contributed by atoms with Crippen LogP contribution in [0.3, 0.4) is 0 Å². The van der Waals surface area contributed by atoms with Gasteiger partial charge >= 0.3 is 0 Å². The van der Waals surface area contributed by atoms with Gasteiger partial charge in [0.25, 0.3) is 5.56 Å². The Labute approximate surface area is 193 Å². The van der Waals surface area contributed by atoms with Crippen LogP contribution in [0.2, 0.25) is 0 Å². The molecule has 32 heavy (non-hydrogen) atoms. The van der Waals surface area contributed by atoms with E-state index in [2.05, 4.69) is 22.0 Å². The van der Waals surface area contributed by atoms with E-state index in [0.717, 1.165) is 16.9 Å². The number of fused-ring (bicyclic) bond motifs is 1. The molecular formula is C22H22N6O2S2. The highest BCUT2D eigenvalue weighted by Gasteiger charge is 2.17. The van der Waals surface area contributed by atoms with Crippen LogP contribution in [0.1, 0.15) is 17.0 Å². The number of nitrogens with one attached hydrogen (secondary N) is 1. The van der Waals surface area contributed by atoms with Crippen LogP contribution >= 0.6 is 23.6 Å². The first-order valence-electron chi connectivity index (χ1n) is 9.93. The normalized spacial score (nSPS) is 11.1. The molecule has 1 N–H and O–H groups in total. The maximum atomic E-state index is 12.9. The maximum Gasteiger partial charge on any atom is 0.273 e. The van der Waals surface area contributed by atoms with Gasteiger partial charge in [0, 0.05) is 6.54 Å². The molecule has 0 fully saturated rings. The van der Waals surface area contributed by atoms with Gasteiger partial charge in [0.1, 0.15) is 17.6 Å². The van der Waals surface area contributed by atoms with E-state index in [1.54, 1.807) is 15.3 Å². The van der Waals surface area contributed by atoms with Gasteiger partial charge in [0.05, 0.1) is 22.8 Å². The predicted octanol–water partition coefficient (Wildman–Crippen LogP) is 3.92. The molecule has 0 aliphatic carbocycles. The molecule has 0 saturated heterocycles. The summed E-state index contributed by atoms with van der Waals surface area (Å²) in [7, 11) is 0. The highest BCUT2D eigenvalue weighted by atomic mass is 32.1. The molecule has 0 unspecified atom stereocenters. The lowest BCUT2D eigenvalue weighted by atomic mass is 10.2. The average Bonchev–Trinajstić information content (AvgIpc) is 3.22. The van der Waals surface area contributed by atoms with Gasteiger partial charge in [-0.15, -0.1) is 6.58 Å². The van der Waals surface area contributed by atoms with Gasteiger partial charge in [-0.05, 0) is 45.1 Å². The summed E-state index contributed by atoms with van der Waals surface area (Å²) in [6.07, 6.45) is 3.07. The molecule has 3 aromatic heterocycles. The number of aromatic nitrogens is 5. The third-order valence-electron chi connectivity index (χ3n) is 5.10. The van der Waals surface area contributed by atoms with E-state index in [1.165, 1.54) is 22.2 Å². The van der Waals surface area contributed by atoms with Crippen LogP contribution in [-0.2, 0) is 17.9 Å². The SMILES string of the molecule is C=CCn1c(=S)sc2c(=O)n(CC(=O)Nc3c(C)nn(-c4ccc(C)cc4)c3C)cnc21.